The molecule has 0 bridgehead atoms. The highest BCUT2D eigenvalue weighted by Gasteiger charge is 2.16. The minimum absolute atomic E-state index is 0.0243. The van der Waals surface area contributed by atoms with Crippen LogP contribution in [-0.4, -0.2) is 27.0 Å². The van der Waals surface area contributed by atoms with E-state index < -0.39 is 4.92 Å². The summed E-state index contributed by atoms with van der Waals surface area (Å²) in [7, 11) is 1.50. The molecule has 1 aromatic heterocycles. The molecule has 0 amide bonds. The summed E-state index contributed by atoms with van der Waals surface area (Å²) in [5.74, 6) is 0.495. The first-order chi connectivity index (χ1) is 9.56. The zero-order valence-corrected chi connectivity index (χ0v) is 12.6. The van der Waals surface area contributed by atoms with E-state index in [2.05, 4.69) is 26.2 Å². The normalized spacial score (nSPS) is 12.2. The molecule has 2 aromatic rings. The molecular formula is C12H13BrN4O3. The fraction of sp³-hybridized carbons (Fsp3) is 0.333. The van der Waals surface area contributed by atoms with Gasteiger partial charge in [-0.05, 0) is 12.5 Å². The minimum atomic E-state index is -0.458. The van der Waals surface area contributed by atoms with Gasteiger partial charge in [0.25, 0.3) is 5.69 Å². The number of halogens is 1. The predicted octanol–water partition coefficient (Wildman–Crippen LogP) is 3.03. The predicted molar refractivity (Wildman–Crippen MR) is 76.5 cm³/mol. The van der Waals surface area contributed by atoms with Crippen LogP contribution in [0.25, 0.3) is 5.69 Å². The van der Waals surface area contributed by atoms with E-state index in [1.165, 1.54) is 23.9 Å². The first-order valence-corrected chi connectivity index (χ1v) is 6.87. The molecule has 1 heterocycles. The smallest absolute Gasteiger partial charge is 0.271 e. The zero-order chi connectivity index (χ0) is 14.7. The average molecular weight is 341 g/mol. The molecule has 106 valence electrons. The van der Waals surface area contributed by atoms with E-state index in [4.69, 9.17) is 4.74 Å². The van der Waals surface area contributed by atoms with Gasteiger partial charge in [0, 0.05) is 12.1 Å². The number of hydrogen-bond donors (Lipinski definition) is 0. The fourth-order valence-corrected chi connectivity index (χ4v) is 1.93. The van der Waals surface area contributed by atoms with E-state index in [1.54, 1.807) is 12.3 Å². The van der Waals surface area contributed by atoms with Gasteiger partial charge in [-0.25, -0.2) is 4.68 Å². The quantitative estimate of drug-likeness (QED) is 0.474. The molecule has 1 atom stereocenters. The maximum atomic E-state index is 10.9. The van der Waals surface area contributed by atoms with Gasteiger partial charge >= 0.3 is 0 Å². The third kappa shape index (κ3) is 2.79. The van der Waals surface area contributed by atoms with Crippen LogP contribution in [0.15, 0.2) is 24.4 Å². The SMILES string of the molecule is CCC(Br)c1cn(-c2cc([N+](=O)[O-])ccc2OC)nn1. The summed E-state index contributed by atoms with van der Waals surface area (Å²) in [6, 6.07) is 4.34. The summed E-state index contributed by atoms with van der Waals surface area (Å²) in [5, 5.41) is 18.9. The molecular weight excluding hydrogens is 328 g/mol. The van der Waals surface area contributed by atoms with Crippen molar-refractivity contribution in [2.24, 2.45) is 0 Å². The van der Waals surface area contributed by atoms with Crippen LogP contribution in [0.5, 0.6) is 5.75 Å². The summed E-state index contributed by atoms with van der Waals surface area (Å²) in [4.78, 5) is 10.5. The number of nitro benzene ring substituents is 1. The van der Waals surface area contributed by atoms with Crippen LogP contribution < -0.4 is 4.74 Å². The van der Waals surface area contributed by atoms with E-state index in [9.17, 15) is 10.1 Å². The lowest BCUT2D eigenvalue weighted by molar-refractivity contribution is -0.384. The van der Waals surface area contributed by atoms with Crippen molar-refractivity contribution in [2.45, 2.75) is 18.2 Å². The van der Waals surface area contributed by atoms with Gasteiger partial charge in [-0.15, -0.1) is 5.10 Å². The number of nitrogens with zero attached hydrogens (tertiary/aromatic N) is 4. The lowest BCUT2D eigenvalue weighted by Gasteiger charge is -2.07. The number of alkyl halides is 1. The van der Waals surface area contributed by atoms with Crippen LogP contribution >= 0.6 is 15.9 Å². The standard InChI is InChI=1S/C12H13BrN4O3/c1-3-9(13)10-7-16(15-14-10)11-6-8(17(18)19)4-5-12(11)20-2/h4-7,9H,3H2,1-2H3. The van der Waals surface area contributed by atoms with E-state index in [-0.39, 0.29) is 10.5 Å². The van der Waals surface area contributed by atoms with Crippen molar-refractivity contribution in [3.05, 3.63) is 40.2 Å². The Morgan fingerprint density at radius 2 is 2.30 bits per heavy atom. The van der Waals surface area contributed by atoms with Crippen molar-refractivity contribution in [2.75, 3.05) is 7.11 Å². The average Bonchev–Trinajstić information content (AvgIpc) is 2.95. The van der Waals surface area contributed by atoms with Gasteiger partial charge in [0.2, 0.25) is 0 Å². The zero-order valence-electron chi connectivity index (χ0n) is 11.0. The highest BCUT2D eigenvalue weighted by molar-refractivity contribution is 9.09. The Kier molecular flexibility index (Phi) is 4.33. The van der Waals surface area contributed by atoms with Crippen molar-refractivity contribution < 1.29 is 9.66 Å². The van der Waals surface area contributed by atoms with Crippen molar-refractivity contribution >= 4 is 21.6 Å². The summed E-state index contributed by atoms with van der Waals surface area (Å²) < 4.78 is 6.68. The topological polar surface area (TPSA) is 83.1 Å². The van der Waals surface area contributed by atoms with Crippen LogP contribution in [0.1, 0.15) is 23.9 Å². The first-order valence-electron chi connectivity index (χ1n) is 5.96. The third-order valence-electron chi connectivity index (χ3n) is 2.81. The summed E-state index contributed by atoms with van der Waals surface area (Å²) in [6.07, 6.45) is 2.59. The molecule has 0 aliphatic heterocycles. The summed E-state index contributed by atoms with van der Waals surface area (Å²) in [6.45, 7) is 2.02. The van der Waals surface area contributed by atoms with Gasteiger partial charge in [-0.3, -0.25) is 10.1 Å². The Bertz CT molecular complexity index is 629. The number of benzene rings is 1. The number of nitro groups is 1. The lowest BCUT2D eigenvalue weighted by atomic mass is 10.2. The van der Waals surface area contributed by atoms with Gasteiger partial charge in [-0.1, -0.05) is 28.1 Å². The molecule has 0 fully saturated rings. The second-order valence-corrected chi connectivity index (χ2v) is 5.18. The van der Waals surface area contributed by atoms with Gasteiger partial charge in [0.15, 0.2) is 0 Å². The van der Waals surface area contributed by atoms with Crippen molar-refractivity contribution in [3.8, 4) is 11.4 Å². The molecule has 0 aliphatic rings. The molecule has 0 aliphatic carbocycles. The highest BCUT2D eigenvalue weighted by atomic mass is 79.9. The lowest BCUT2D eigenvalue weighted by Crippen LogP contribution is -2.00. The minimum Gasteiger partial charge on any atom is -0.494 e. The second-order valence-electron chi connectivity index (χ2n) is 4.08. The Morgan fingerprint density at radius 3 is 2.90 bits per heavy atom. The Morgan fingerprint density at radius 1 is 1.55 bits per heavy atom. The molecule has 20 heavy (non-hydrogen) atoms. The largest absolute Gasteiger partial charge is 0.494 e. The Labute approximate surface area is 123 Å². The van der Waals surface area contributed by atoms with Crippen molar-refractivity contribution in [1.29, 1.82) is 0 Å². The number of hydrogen-bond acceptors (Lipinski definition) is 5. The molecule has 0 radical (unpaired) electrons. The number of rotatable bonds is 5. The Hall–Kier alpha value is -1.96. The monoisotopic (exact) mass is 340 g/mol. The van der Waals surface area contributed by atoms with Gasteiger partial charge in [-0.2, -0.15) is 0 Å². The Balaban J connectivity index is 2.47. The molecule has 1 aromatic carbocycles. The molecule has 7 nitrogen and oxygen atoms in total. The van der Waals surface area contributed by atoms with Crippen molar-refractivity contribution in [1.82, 2.24) is 15.0 Å². The molecule has 0 saturated carbocycles. The van der Waals surface area contributed by atoms with Gasteiger partial charge in [0.05, 0.1) is 28.8 Å². The molecule has 2 rings (SSSR count). The number of ether oxygens (including phenoxy) is 1. The molecule has 0 spiro atoms. The highest BCUT2D eigenvalue weighted by Crippen LogP contribution is 2.29. The van der Waals surface area contributed by atoms with Crippen LogP contribution in [-0.2, 0) is 0 Å². The summed E-state index contributed by atoms with van der Waals surface area (Å²) >= 11 is 3.49. The fourth-order valence-electron chi connectivity index (χ4n) is 1.72. The third-order valence-corrected chi connectivity index (χ3v) is 3.93. The van der Waals surface area contributed by atoms with Gasteiger partial charge < -0.3 is 4.74 Å². The second kappa shape index (κ2) is 6.00. The van der Waals surface area contributed by atoms with E-state index in [0.29, 0.717) is 11.4 Å². The maximum Gasteiger partial charge on any atom is 0.271 e. The van der Waals surface area contributed by atoms with Crippen LogP contribution in [0.3, 0.4) is 0 Å². The van der Waals surface area contributed by atoms with E-state index in [0.717, 1.165) is 12.1 Å². The molecule has 0 N–H and O–H groups in total. The van der Waals surface area contributed by atoms with E-state index >= 15 is 0 Å². The van der Waals surface area contributed by atoms with Crippen molar-refractivity contribution in [3.63, 3.8) is 0 Å². The van der Waals surface area contributed by atoms with E-state index in [1.807, 2.05) is 6.92 Å². The van der Waals surface area contributed by atoms with Gasteiger partial charge in [0.1, 0.15) is 11.4 Å². The number of non-ortho nitro benzene ring substituents is 1. The number of methoxy groups -OCH3 is 1. The molecule has 8 heteroatoms. The van der Waals surface area contributed by atoms with Crippen LogP contribution in [0, 0.1) is 10.1 Å². The van der Waals surface area contributed by atoms with Crippen LogP contribution in [0.2, 0.25) is 0 Å². The summed E-state index contributed by atoms with van der Waals surface area (Å²) in [5.41, 5.74) is 1.22. The number of aromatic nitrogens is 3. The first kappa shape index (κ1) is 14.4. The molecule has 0 saturated heterocycles. The molecule has 1 unspecified atom stereocenters. The maximum absolute atomic E-state index is 10.9. The van der Waals surface area contributed by atoms with Crippen LogP contribution in [0.4, 0.5) is 5.69 Å².